The van der Waals surface area contributed by atoms with Gasteiger partial charge in [0.1, 0.15) is 12.4 Å². The van der Waals surface area contributed by atoms with Gasteiger partial charge in [-0.1, -0.05) is 30.3 Å². The maximum Gasteiger partial charge on any atom is 0.252 e. The summed E-state index contributed by atoms with van der Waals surface area (Å²) >= 11 is 0. The third-order valence-electron chi connectivity index (χ3n) is 4.16. The van der Waals surface area contributed by atoms with Gasteiger partial charge < -0.3 is 15.8 Å². The van der Waals surface area contributed by atoms with Crippen molar-refractivity contribution >= 4 is 11.8 Å². The number of nitrogens with zero attached hydrogens (tertiary/aromatic N) is 1. The van der Waals surface area contributed by atoms with Crippen LogP contribution < -0.4 is 15.8 Å². The Balaban J connectivity index is 1.58. The average molecular weight is 375 g/mol. The highest BCUT2D eigenvalue weighted by molar-refractivity contribution is 5.95. The summed E-state index contributed by atoms with van der Waals surface area (Å²) in [6, 6.07) is 17.8. The molecule has 0 aliphatic heterocycles. The number of amides is 2. The molecule has 2 aromatic carbocycles. The molecule has 0 bridgehead atoms. The number of ether oxygens (including phenoxy) is 1. The van der Waals surface area contributed by atoms with Crippen LogP contribution in [-0.2, 0) is 13.0 Å². The first-order valence-corrected chi connectivity index (χ1v) is 8.91. The topological polar surface area (TPSA) is 94.3 Å². The fraction of sp³-hybridized carbons (Fsp3) is 0.136. The summed E-state index contributed by atoms with van der Waals surface area (Å²) in [7, 11) is 0. The maximum absolute atomic E-state index is 12.4. The van der Waals surface area contributed by atoms with E-state index in [4.69, 9.17) is 10.5 Å². The highest BCUT2D eigenvalue weighted by atomic mass is 16.5. The van der Waals surface area contributed by atoms with E-state index >= 15 is 0 Å². The molecule has 6 heteroatoms. The summed E-state index contributed by atoms with van der Waals surface area (Å²) < 4.78 is 5.72. The lowest BCUT2D eigenvalue weighted by molar-refractivity contribution is 0.0952. The molecule has 0 atom stereocenters. The molecule has 3 aromatic rings. The molecular weight excluding hydrogens is 354 g/mol. The van der Waals surface area contributed by atoms with Crippen LogP contribution in [0.3, 0.4) is 0 Å². The summed E-state index contributed by atoms with van der Waals surface area (Å²) in [5, 5.41) is 2.90. The minimum Gasteiger partial charge on any atom is -0.488 e. The molecule has 0 radical (unpaired) electrons. The summed E-state index contributed by atoms with van der Waals surface area (Å²) in [4.78, 5) is 27.9. The molecule has 0 fully saturated rings. The predicted molar refractivity (Wildman–Crippen MR) is 106 cm³/mol. The zero-order valence-electron chi connectivity index (χ0n) is 15.3. The van der Waals surface area contributed by atoms with Crippen LogP contribution in [0.1, 0.15) is 31.8 Å². The van der Waals surface area contributed by atoms with E-state index in [-0.39, 0.29) is 12.5 Å². The normalized spacial score (nSPS) is 10.3. The molecule has 2 amide bonds. The molecule has 0 saturated carbocycles. The molecule has 0 saturated heterocycles. The third kappa shape index (κ3) is 5.17. The van der Waals surface area contributed by atoms with E-state index in [2.05, 4.69) is 10.3 Å². The van der Waals surface area contributed by atoms with Crippen LogP contribution in [0, 0.1) is 0 Å². The number of carbonyl (C=O) groups excluding carboxylic acids is 2. The Labute approximate surface area is 163 Å². The number of primary amides is 1. The number of carbonyl (C=O) groups is 2. The molecule has 0 unspecified atom stereocenters. The van der Waals surface area contributed by atoms with Crippen LogP contribution in [0.5, 0.6) is 5.75 Å². The lowest BCUT2D eigenvalue weighted by Gasteiger charge is -2.10. The largest absolute Gasteiger partial charge is 0.488 e. The van der Waals surface area contributed by atoms with Gasteiger partial charge in [-0.2, -0.15) is 0 Å². The Morgan fingerprint density at radius 3 is 2.61 bits per heavy atom. The highest BCUT2D eigenvalue weighted by Crippen LogP contribution is 2.19. The number of pyridine rings is 1. The van der Waals surface area contributed by atoms with Crippen LogP contribution in [0.25, 0.3) is 0 Å². The van der Waals surface area contributed by atoms with Gasteiger partial charge in [-0.15, -0.1) is 0 Å². The van der Waals surface area contributed by atoms with Gasteiger partial charge >= 0.3 is 0 Å². The quantitative estimate of drug-likeness (QED) is 0.633. The van der Waals surface area contributed by atoms with Crippen LogP contribution in [0.15, 0.2) is 73.1 Å². The molecule has 1 aromatic heterocycles. The van der Waals surface area contributed by atoms with Crippen LogP contribution in [0.2, 0.25) is 0 Å². The second kappa shape index (κ2) is 9.32. The molecule has 0 aliphatic carbocycles. The standard InChI is InChI=1S/C22H21N3O3/c23-21(26)19-8-1-2-9-20(19)28-15-17-5-3-7-18(13-17)22(27)25-12-10-16-6-4-11-24-14-16/h1-9,11,13-14H,10,12,15H2,(H2,23,26)(H,25,27). The van der Waals surface area contributed by atoms with Gasteiger partial charge in [0, 0.05) is 24.5 Å². The number of nitrogens with two attached hydrogens (primary N) is 1. The van der Waals surface area contributed by atoms with Crippen molar-refractivity contribution in [2.45, 2.75) is 13.0 Å². The number of nitrogens with one attached hydrogen (secondary N) is 1. The summed E-state index contributed by atoms with van der Waals surface area (Å²) in [6.45, 7) is 0.748. The Morgan fingerprint density at radius 1 is 1.00 bits per heavy atom. The Bertz CT molecular complexity index is 958. The van der Waals surface area contributed by atoms with Crippen LogP contribution >= 0.6 is 0 Å². The van der Waals surface area contributed by atoms with Crippen molar-refractivity contribution in [2.75, 3.05) is 6.54 Å². The molecular formula is C22H21N3O3. The van der Waals surface area contributed by atoms with Crippen molar-refractivity contribution < 1.29 is 14.3 Å². The van der Waals surface area contributed by atoms with Crippen molar-refractivity contribution in [2.24, 2.45) is 5.73 Å². The maximum atomic E-state index is 12.4. The van der Waals surface area contributed by atoms with Gasteiger partial charge in [-0.3, -0.25) is 14.6 Å². The first-order chi connectivity index (χ1) is 13.6. The molecule has 28 heavy (non-hydrogen) atoms. The summed E-state index contributed by atoms with van der Waals surface area (Å²) in [5.74, 6) is -0.276. The Hall–Kier alpha value is -3.67. The monoisotopic (exact) mass is 375 g/mol. The van der Waals surface area contributed by atoms with Crippen molar-refractivity contribution in [3.63, 3.8) is 0 Å². The minimum atomic E-state index is -0.544. The van der Waals surface area contributed by atoms with Gasteiger partial charge in [-0.25, -0.2) is 0 Å². The second-order valence-corrected chi connectivity index (χ2v) is 6.22. The van der Waals surface area contributed by atoms with Crippen molar-refractivity contribution in [3.8, 4) is 5.75 Å². The fourth-order valence-electron chi connectivity index (χ4n) is 2.73. The SMILES string of the molecule is NC(=O)c1ccccc1OCc1cccc(C(=O)NCCc2cccnc2)c1. The zero-order chi connectivity index (χ0) is 19.8. The van der Waals surface area contributed by atoms with Gasteiger partial charge in [0.2, 0.25) is 0 Å². The third-order valence-corrected chi connectivity index (χ3v) is 4.16. The van der Waals surface area contributed by atoms with E-state index in [9.17, 15) is 9.59 Å². The predicted octanol–water partition coefficient (Wildman–Crippen LogP) is 2.73. The lowest BCUT2D eigenvalue weighted by atomic mass is 10.1. The number of hydrogen-bond donors (Lipinski definition) is 2. The number of benzene rings is 2. The van der Waals surface area contributed by atoms with E-state index in [1.165, 1.54) is 0 Å². The highest BCUT2D eigenvalue weighted by Gasteiger charge is 2.10. The molecule has 0 spiro atoms. The van der Waals surface area contributed by atoms with E-state index in [0.717, 1.165) is 11.1 Å². The Morgan fingerprint density at radius 2 is 1.82 bits per heavy atom. The number of para-hydroxylation sites is 1. The zero-order valence-corrected chi connectivity index (χ0v) is 15.3. The minimum absolute atomic E-state index is 0.150. The molecule has 6 nitrogen and oxygen atoms in total. The second-order valence-electron chi connectivity index (χ2n) is 6.22. The van der Waals surface area contributed by atoms with E-state index in [1.807, 2.05) is 18.2 Å². The number of hydrogen-bond acceptors (Lipinski definition) is 4. The summed E-state index contributed by atoms with van der Waals surface area (Å²) in [5.41, 5.74) is 8.12. The van der Waals surface area contributed by atoms with Gasteiger partial charge in [0.05, 0.1) is 5.56 Å². The van der Waals surface area contributed by atoms with E-state index in [1.54, 1.807) is 54.9 Å². The average Bonchev–Trinajstić information content (AvgIpc) is 2.73. The smallest absolute Gasteiger partial charge is 0.252 e. The van der Waals surface area contributed by atoms with Crippen molar-refractivity contribution in [1.29, 1.82) is 0 Å². The molecule has 0 aliphatic rings. The molecule has 142 valence electrons. The number of aromatic nitrogens is 1. The van der Waals surface area contributed by atoms with Gasteiger partial charge in [0.25, 0.3) is 11.8 Å². The molecule has 1 heterocycles. The first-order valence-electron chi connectivity index (χ1n) is 8.91. The Kier molecular flexibility index (Phi) is 6.36. The van der Waals surface area contributed by atoms with Gasteiger partial charge in [0.15, 0.2) is 0 Å². The van der Waals surface area contributed by atoms with E-state index in [0.29, 0.717) is 29.8 Å². The lowest BCUT2D eigenvalue weighted by Crippen LogP contribution is -2.25. The van der Waals surface area contributed by atoms with Gasteiger partial charge in [-0.05, 0) is 47.9 Å². The van der Waals surface area contributed by atoms with E-state index < -0.39 is 5.91 Å². The number of rotatable bonds is 8. The molecule has 3 N–H and O–H groups in total. The molecule has 3 rings (SSSR count). The van der Waals surface area contributed by atoms with Crippen LogP contribution in [-0.4, -0.2) is 23.3 Å². The fourth-order valence-corrected chi connectivity index (χ4v) is 2.73. The van der Waals surface area contributed by atoms with Crippen molar-refractivity contribution in [3.05, 3.63) is 95.3 Å². The van der Waals surface area contributed by atoms with Crippen molar-refractivity contribution in [1.82, 2.24) is 10.3 Å². The van der Waals surface area contributed by atoms with Crippen LogP contribution in [0.4, 0.5) is 0 Å². The summed E-state index contributed by atoms with van der Waals surface area (Å²) in [6.07, 6.45) is 4.22. The first kappa shape index (κ1) is 19.1.